The lowest BCUT2D eigenvalue weighted by molar-refractivity contribution is -0.133. The lowest BCUT2D eigenvalue weighted by Crippen LogP contribution is -2.59. The number of benzene rings is 1. The van der Waals surface area contributed by atoms with Crippen LogP contribution in [-0.2, 0) is 9.53 Å². The lowest BCUT2D eigenvalue weighted by Gasteiger charge is -2.36. The first-order chi connectivity index (χ1) is 11.0. The molecule has 1 heterocycles. The first kappa shape index (κ1) is 17.0. The van der Waals surface area contributed by atoms with Crippen LogP contribution in [0.4, 0.5) is 0 Å². The van der Waals surface area contributed by atoms with Crippen LogP contribution in [0.3, 0.4) is 0 Å². The van der Waals surface area contributed by atoms with Gasteiger partial charge in [0.2, 0.25) is 5.91 Å². The highest BCUT2D eigenvalue weighted by atomic mass is 16.5. The van der Waals surface area contributed by atoms with E-state index in [4.69, 9.17) is 9.84 Å². The molecule has 7 heteroatoms. The van der Waals surface area contributed by atoms with E-state index in [0.29, 0.717) is 19.4 Å². The molecular weight excluding hydrogens is 300 g/mol. The van der Waals surface area contributed by atoms with Crippen molar-refractivity contribution in [2.24, 2.45) is 0 Å². The maximum absolute atomic E-state index is 12.8. The maximum Gasteiger partial charge on any atom is 0.335 e. The standard InChI is InChI=1S/C16H20N2O5/c1-17-15(22)16(10-23-2)7-4-8-18(16)13(19)11-5-3-6-12(9-11)14(20)21/h3,5-6,9H,4,7-8,10H2,1-2H3,(H,17,22)(H,20,21). The molecule has 1 aliphatic heterocycles. The average Bonchev–Trinajstić information content (AvgIpc) is 2.98. The summed E-state index contributed by atoms with van der Waals surface area (Å²) in [5.41, 5.74) is -0.775. The zero-order chi connectivity index (χ0) is 17.0. The SMILES string of the molecule is CNC(=O)C1(COC)CCCN1C(=O)c1cccc(C(=O)O)c1. The Morgan fingerprint density at radius 2 is 2.04 bits per heavy atom. The minimum absolute atomic E-state index is 0.0346. The van der Waals surface area contributed by atoms with E-state index in [2.05, 4.69) is 5.32 Å². The number of likely N-dealkylation sites (N-methyl/N-ethyl adjacent to an activating group) is 1. The lowest BCUT2D eigenvalue weighted by atomic mass is 9.95. The number of carboxylic acid groups (broad SMARTS) is 1. The third kappa shape index (κ3) is 3.05. The number of carbonyl (C=O) groups excluding carboxylic acids is 2. The number of aromatic carboxylic acids is 1. The molecule has 0 radical (unpaired) electrons. The van der Waals surface area contributed by atoms with Crippen molar-refractivity contribution >= 4 is 17.8 Å². The van der Waals surface area contributed by atoms with Crippen LogP contribution < -0.4 is 5.32 Å². The molecule has 1 unspecified atom stereocenters. The molecule has 0 aromatic heterocycles. The molecule has 0 bridgehead atoms. The van der Waals surface area contributed by atoms with Crippen molar-refractivity contribution in [1.82, 2.24) is 10.2 Å². The molecule has 1 saturated heterocycles. The Morgan fingerprint density at radius 3 is 2.65 bits per heavy atom. The number of nitrogens with zero attached hydrogens (tertiary/aromatic N) is 1. The third-order valence-corrected chi connectivity index (χ3v) is 4.12. The molecule has 1 aromatic carbocycles. The highest BCUT2D eigenvalue weighted by molar-refractivity contribution is 6.01. The fourth-order valence-corrected chi connectivity index (χ4v) is 3.04. The Kier molecular flexibility index (Phi) is 5.00. The van der Waals surface area contributed by atoms with Gasteiger partial charge in [-0.1, -0.05) is 6.07 Å². The Labute approximate surface area is 134 Å². The minimum Gasteiger partial charge on any atom is -0.478 e. The van der Waals surface area contributed by atoms with E-state index < -0.39 is 11.5 Å². The Hall–Kier alpha value is -2.41. The number of rotatable bonds is 5. The summed E-state index contributed by atoms with van der Waals surface area (Å²) in [6.07, 6.45) is 1.19. The first-order valence-corrected chi connectivity index (χ1v) is 7.32. The van der Waals surface area contributed by atoms with Gasteiger partial charge in [-0.3, -0.25) is 9.59 Å². The topological polar surface area (TPSA) is 95.9 Å². The van der Waals surface area contributed by atoms with Gasteiger partial charge in [0.15, 0.2) is 0 Å². The predicted octanol–water partition coefficient (Wildman–Crippen LogP) is 0.752. The van der Waals surface area contributed by atoms with Crippen molar-refractivity contribution < 1.29 is 24.2 Å². The van der Waals surface area contributed by atoms with Crippen LogP contribution in [0.5, 0.6) is 0 Å². The number of hydrogen-bond acceptors (Lipinski definition) is 4. The molecule has 0 aliphatic carbocycles. The normalized spacial score (nSPS) is 20.3. The second kappa shape index (κ2) is 6.78. The molecule has 2 amide bonds. The van der Waals surface area contributed by atoms with Gasteiger partial charge in [-0.25, -0.2) is 4.79 Å². The summed E-state index contributed by atoms with van der Waals surface area (Å²) in [7, 11) is 3.00. The van der Waals surface area contributed by atoms with E-state index >= 15 is 0 Å². The monoisotopic (exact) mass is 320 g/mol. The highest BCUT2D eigenvalue weighted by Gasteiger charge is 2.49. The molecule has 23 heavy (non-hydrogen) atoms. The minimum atomic E-state index is -1.10. The fourth-order valence-electron chi connectivity index (χ4n) is 3.04. The summed E-state index contributed by atoms with van der Waals surface area (Å²) in [6.45, 7) is 0.518. The molecule has 7 nitrogen and oxygen atoms in total. The Balaban J connectivity index is 2.38. The number of carbonyl (C=O) groups is 3. The van der Waals surface area contributed by atoms with Gasteiger partial charge in [0.05, 0.1) is 12.2 Å². The number of amides is 2. The third-order valence-electron chi connectivity index (χ3n) is 4.12. The van der Waals surface area contributed by atoms with Gasteiger partial charge < -0.3 is 20.1 Å². The summed E-state index contributed by atoms with van der Waals surface area (Å²) in [6, 6.07) is 5.81. The molecule has 2 rings (SSSR count). The van der Waals surface area contributed by atoms with Crippen molar-refractivity contribution in [2.45, 2.75) is 18.4 Å². The summed E-state index contributed by atoms with van der Waals surface area (Å²) in [5, 5.41) is 11.7. The number of hydrogen-bond donors (Lipinski definition) is 2. The van der Waals surface area contributed by atoms with E-state index in [0.717, 1.165) is 0 Å². The number of methoxy groups -OCH3 is 1. The molecule has 2 N–H and O–H groups in total. The molecule has 0 saturated carbocycles. The Bertz CT molecular complexity index is 631. The van der Waals surface area contributed by atoms with E-state index in [1.807, 2.05) is 0 Å². The van der Waals surface area contributed by atoms with Crippen molar-refractivity contribution in [3.8, 4) is 0 Å². The summed E-state index contributed by atoms with van der Waals surface area (Å²) < 4.78 is 5.18. The molecule has 1 aliphatic rings. The van der Waals surface area contributed by atoms with Gasteiger partial charge >= 0.3 is 5.97 Å². The van der Waals surface area contributed by atoms with Gasteiger partial charge in [0, 0.05) is 26.3 Å². The fraction of sp³-hybridized carbons (Fsp3) is 0.438. The molecular formula is C16H20N2O5. The number of likely N-dealkylation sites (tertiary alicyclic amines) is 1. The smallest absolute Gasteiger partial charge is 0.335 e. The van der Waals surface area contributed by atoms with Gasteiger partial charge in [-0.05, 0) is 31.0 Å². The Morgan fingerprint density at radius 1 is 1.35 bits per heavy atom. The quantitative estimate of drug-likeness (QED) is 0.835. The van der Waals surface area contributed by atoms with Crippen molar-refractivity contribution in [3.63, 3.8) is 0 Å². The predicted molar refractivity (Wildman–Crippen MR) is 82.3 cm³/mol. The average molecular weight is 320 g/mol. The second-order valence-corrected chi connectivity index (χ2v) is 5.49. The van der Waals surface area contributed by atoms with Crippen LogP contribution >= 0.6 is 0 Å². The largest absolute Gasteiger partial charge is 0.478 e. The van der Waals surface area contributed by atoms with E-state index in [-0.39, 0.29) is 29.5 Å². The van der Waals surface area contributed by atoms with E-state index in [9.17, 15) is 14.4 Å². The van der Waals surface area contributed by atoms with Crippen LogP contribution in [-0.4, -0.2) is 60.6 Å². The molecule has 124 valence electrons. The zero-order valence-electron chi connectivity index (χ0n) is 13.2. The van der Waals surface area contributed by atoms with Gasteiger partial charge in [-0.2, -0.15) is 0 Å². The number of carboxylic acids is 1. The van der Waals surface area contributed by atoms with Crippen LogP contribution in [0.1, 0.15) is 33.6 Å². The molecule has 1 aromatic rings. The summed E-state index contributed by atoms with van der Waals surface area (Å²) >= 11 is 0. The van der Waals surface area contributed by atoms with E-state index in [1.54, 1.807) is 6.07 Å². The molecule has 1 fully saturated rings. The van der Waals surface area contributed by atoms with Crippen LogP contribution in [0.15, 0.2) is 24.3 Å². The highest BCUT2D eigenvalue weighted by Crippen LogP contribution is 2.31. The van der Waals surface area contributed by atoms with Gasteiger partial charge in [-0.15, -0.1) is 0 Å². The van der Waals surface area contributed by atoms with Gasteiger partial charge in [0.25, 0.3) is 5.91 Å². The molecule has 1 atom stereocenters. The number of nitrogens with one attached hydrogen (secondary N) is 1. The summed E-state index contributed by atoms with van der Waals surface area (Å²) in [4.78, 5) is 37.8. The van der Waals surface area contributed by atoms with Crippen LogP contribution in [0.2, 0.25) is 0 Å². The van der Waals surface area contributed by atoms with Crippen molar-refractivity contribution in [3.05, 3.63) is 35.4 Å². The second-order valence-electron chi connectivity index (χ2n) is 5.49. The number of ether oxygens (including phenoxy) is 1. The van der Waals surface area contributed by atoms with E-state index in [1.165, 1.54) is 37.3 Å². The van der Waals surface area contributed by atoms with Crippen molar-refractivity contribution in [2.75, 3.05) is 27.3 Å². The zero-order valence-corrected chi connectivity index (χ0v) is 13.2. The van der Waals surface area contributed by atoms with Crippen molar-refractivity contribution in [1.29, 1.82) is 0 Å². The van der Waals surface area contributed by atoms with Crippen LogP contribution in [0.25, 0.3) is 0 Å². The summed E-state index contributed by atoms with van der Waals surface area (Å²) in [5.74, 6) is -1.75. The van der Waals surface area contributed by atoms with Crippen LogP contribution in [0, 0.1) is 0 Å². The van der Waals surface area contributed by atoms with Gasteiger partial charge in [0.1, 0.15) is 5.54 Å². The maximum atomic E-state index is 12.8. The molecule has 0 spiro atoms. The first-order valence-electron chi connectivity index (χ1n) is 7.32.